The van der Waals surface area contributed by atoms with E-state index < -0.39 is 9.25 Å². The molecule has 0 heterocycles. The maximum atomic E-state index is 4.65. The van der Waals surface area contributed by atoms with E-state index in [4.69, 9.17) is 0 Å². The maximum absolute atomic E-state index is 4.65. The van der Waals surface area contributed by atoms with Gasteiger partial charge in [-0.05, 0) is 12.0 Å². The number of hydrogen-bond acceptors (Lipinski definition) is 2. The Balaban J connectivity index is 3.97. The van der Waals surface area contributed by atoms with Gasteiger partial charge in [-0.25, -0.2) is 0 Å². The predicted octanol–water partition coefficient (Wildman–Crippen LogP) is 2.54. The minimum absolute atomic E-state index is 0.733. The first-order valence-corrected chi connectivity index (χ1v) is 7.04. The van der Waals surface area contributed by atoms with Gasteiger partial charge in [-0.15, -0.1) is 20.9 Å². The van der Waals surface area contributed by atoms with Crippen LogP contribution in [0.4, 0.5) is 0 Å². The molecule has 0 spiro atoms. The summed E-state index contributed by atoms with van der Waals surface area (Å²) in [6, 6.07) is 0. The number of nitrogens with zero attached hydrogens (tertiary/aromatic N) is 1. The van der Waals surface area contributed by atoms with Gasteiger partial charge < -0.3 is 0 Å². The van der Waals surface area contributed by atoms with Gasteiger partial charge in [0.05, 0.1) is 0 Å². The van der Waals surface area contributed by atoms with E-state index in [-0.39, 0.29) is 0 Å². The highest BCUT2D eigenvalue weighted by Gasteiger charge is 2.16. The molecule has 10 heavy (non-hydrogen) atoms. The summed E-state index contributed by atoms with van der Waals surface area (Å²) in [6.07, 6.45) is 2.25. The average molecular weight is 181 g/mol. The van der Waals surface area contributed by atoms with Gasteiger partial charge >= 0.3 is 0 Å². The van der Waals surface area contributed by atoms with Crippen molar-refractivity contribution in [1.82, 2.24) is 4.31 Å². The van der Waals surface area contributed by atoms with Gasteiger partial charge in [-0.1, -0.05) is 20.8 Å². The van der Waals surface area contributed by atoms with E-state index in [9.17, 15) is 0 Å². The predicted molar refractivity (Wildman–Crippen MR) is 56.0 cm³/mol. The van der Waals surface area contributed by atoms with Gasteiger partial charge in [0.1, 0.15) is 0 Å². The zero-order valence-corrected chi connectivity index (χ0v) is 9.13. The highest BCUT2D eigenvalue weighted by atomic mass is 33.1. The summed E-state index contributed by atoms with van der Waals surface area (Å²) >= 11 is 4.65. The van der Waals surface area contributed by atoms with E-state index >= 15 is 0 Å². The summed E-state index contributed by atoms with van der Waals surface area (Å²) in [4.78, 5) is 0. The summed E-state index contributed by atoms with van der Waals surface area (Å²) in [5.41, 5.74) is 0. The van der Waals surface area contributed by atoms with Gasteiger partial charge in [0.2, 0.25) is 0 Å². The molecule has 0 rings (SSSR count). The van der Waals surface area contributed by atoms with Crippen LogP contribution in [-0.4, -0.2) is 29.4 Å². The molecule has 0 aliphatic heterocycles. The molecule has 3 heteroatoms. The summed E-state index contributed by atoms with van der Waals surface area (Å²) in [6.45, 7) is 8.85. The largest absolute Gasteiger partial charge is 0.260 e. The molecule has 1 unspecified atom stereocenters. The zero-order chi connectivity index (χ0) is 8.20. The van der Waals surface area contributed by atoms with Crippen molar-refractivity contribution < 1.29 is 0 Å². The summed E-state index contributed by atoms with van der Waals surface area (Å²) in [5.74, 6) is 1.18. The summed E-state index contributed by atoms with van der Waals surface area (Å²) in [5, 5.41) is 0. The van der Waals surface area contributed by atoms with E-state index in [0.29, 0.717) is 0 Å². The maximum Gasteiger partial charge on any atom is 0.00531 e. The first-order chi connectivity index (χ1) is 4.58. The molecule has 0 aromatic rings. The van der Waals surface area contributed by atoms with Gasteiger partial charge in [0, 0.05) is 13.1 Å². The van der Waals surface area contributed by atoms with Crippen LogP contribution < -0.4 is 0 Å². The molecular formula is C7H19NS2. The van der Waals surface area contributed by atoms with Gasteiger partial charge in [-0.3, -0.25) is 4.31 Å². The second-order valence-corrected chi connectivity index (χ2v) is 7.84. The van der Waals surface area contributed by atoms with Crippen LogP contribution in [0.5, 0.6) is 0 Å². The highest BCUT2D eigenvalue weighted by molar-refractivity contribution is 8.86. The Bertz CT molecular complexity index is 89.6. The van der Waals surface area contributed by atoms with Crippen LogP contribution in [0.15, 0.2) is 0 Å². The normalized spacial score (nSPS) is 20.6. The Morgan fingerprint density at radius 1 is 1.20 bits per heavy atom. The van der Waals surface area contributed by atoms with E-state index in [2.05, 4.69) is 43.0 Å². The molecule has 0 aliphatic rings. The zero-order valence-electron chi connectivity index (χ0n) is 7.42. The van der Waals surface area contributed by atoms with Crippen molar-refractivity contribution in [2.24, 2.45) is 0 Å². The van der Waals surface area contributed by atoms with Gasteiger partial charge in [-0.2, -0.15) is 0 Å². The lowest BCUT2D eigenvalue weighted by Gasteiger charge is -2.40. The van der Waals surface area contributed by atoms with Crippen molar-refractivity contribution >= 4 is 20.9 Å². The van der Waals surface area contributed by atoms with Crippen LogP contribution in [0.1, 0.15) is 20.8 Å². The first kappa shape index (κ1) is 10.7. The van der Waals surface area contributed by atoms with Crippen LogP contribution in [-0.2, 0) is 0 Å². The molecule has 0 aromatic carbocycles. The Kier molecular flexibility index (Phi) is 4.82. The van der Waals surface area contributed by atoms with E-state index in [1.54, 1.807) is 0 Å². The third kappa shape index (κ3) is 2.72. The molecule has 0 aliphatic carbocycles. The monoisotopic (exact) mass is 181 g/mol. The average Bonchev–Trinajstić information content (AvgIpc) is 1.90. The fraction of sp³-hybridized carbons (Fsp3) is 1.00. The fourth-order valence-electron chi connectivity index (χ4n) is 0.962. The van der Waals surface area contributed by atoms with Crippen LogP contribution in [0, 0.1) is 0 Å². The van der Waals surface area contributed by atoms with E-state index in [1.807, 2.05) is 0 Å². The number of thiol groups is 1. The molecule has 0 fully saturated rings. The lowest BCUT2D eigenvalue weighted by molar-refractivity contribution is 0.517. The summed E-state index contributed by atoms with van der Waals surface area (Å²) < 4.78 is 2.44. The quantitative estimate of drug-likeness (QED) is 0.515. The second-order valence-electron chi connectivity index (χ2n) is 2.40. The Hall–Kier alpha value is 0.660. The van der Waals surface area contributed by atoms with Gasteiger partial charge in [0.15, 0.2) is 0 Å². The molecule has 0 saturated carbocycles. The molecule has 1 atom stereocenters. The van der Waals surface area contributed by atoms with Crippen molar-refractivity contribution in [3.05, 3.63) is 0 Å². The van der Waals surface area contributed by atoms with Crippen molar-refractivity contribution in [2.45, 2.75) is 20.8 Å². The molecule has 0 bridgehead atoms. The van der Waals surface area contributed by atoms with Crippen molar-refractivity contribution in [3.8, 4) is 0 Å². The van der Waals surface area contributed by atoms with Crippen LogP contribution in [0.25, 0.3) is 0 Å². The first-order valence-electron chi connectivity index (χ1n) is 3.82. The van der Waals surface area contributed by atoms with Crippen molar-refractivity contribution in [2.75, 3.05) is 25.1 Å². The molecular weight excluding hydrogens is 162 g/mol. The number of rotatable bonds is 4. The Morgan fingerprint density at radius 2 is 1.60 bits per heavy atom. The third-order valence-electron chi connectivity index (χ3n) is 1.81. The van der Waals surface area contributed by atoms with Crippen LogP contribution >= 0.6 is 20.9 Å². The summed E-state index contributed by atoms with van der Waals surface area (Å²) in [7, 11) is -0.733. The molecule has 0 saturated heterocycles. The smallest absolute Gasteiger partial charge is 0.00531 e. The number of hydrogen-bond donors (Lipinski definition) is 1. The molecule has 0 aromatic heterocycles. The second kappa shape index (κ2) is 4.52. The third-order valence-corrected chi connectivity index (χ3v) is 6.00. The van der Waals surface area contributed by atoms with Crippen LogP contribution in [0.2, 0.25) is 0 Å². The van der Waals surface area contributed by atoms with Crippen molar-refractivity contribution in [1.29, 1.82) is 0 Å². The standard InChI is InChI=1S/C7H19NS2/c1-5-8(6-2)10(4,9)7-3/h9H,5-7H2,1-4H3. The molecule has 0 radical (unpaired) electrons. The van der Waals surface area contributed by atoms with E-state index in [1.165, 1.54) is 5.75 Å². The fourth-order valence-corrected chi connectivity index (χ4v) is 3.13. The molecule has 0 amide bonds. The highest BCUT2D eigenvalue weighted by Crippen LogP contribution is 2.51. The molecule has 1 nitrogen and oxygen atoms in total. The lowest BCUT2D eigenvalue weighted by atomic mass is 10.7. The SMILES string of the molecule is CCN(CC)S(C)(S)CC. The van der Waals surface area contributed by atoms with Crippen LogP contribution in [0.3, 0.4) is 0 Å². The Labute approximate surface area is 71.4 Å². The minimum atomic E-state index is -0.733. The Morgan fingerprint density at radius 3 is 1.70 bits per heavy atom. The van der Waals surface area contributed by atoms with E-state index in [0.717, 1.165) is 13.1 Å². The lowest BCUT2D eigenvalue weighted by Crippen LogP contribution is -2.24. The van der Waals surface area contributed by atoms with Crippen molar-refractivity contribution in [3.63, 3.8) is 0 Å². The van der Waals surface area contributed by atoms with Gasteiger partial charge in [0.25, 0.3) is 0 Å². The molecule has 0 N–H and O–H groups in total. The topological polar surface area (TPSA) is 3.24 Å². The minimum Gasteiger partial charge on any atom is -0.260 e. The molecule has 64 valence electrons.